The molecule has 0 amide bonds. The average molecular weight is 298 g/mol. The molecule has 1 heterocycles. The summed E-state index contributed by atoms with van der Waals surface area (Å²) in [6.07, 6.45) is 1.66. The number of nitrogen functional groups attached to an aromatic ring is 1. The van der Waals surface area contributed by atoms with Crippen molar-refractivity contribution in [1.29, 1.82) is 0 Å². The maximum atomic E-state index is 11.8. The molecule has 1 aromatic heterocycles. The molecule has 0 aliphatic heterocycles. The van der Waals surface area contributed by atoms with Crippen LogP contribution in [-0.4, -0.2) is 27.8 Å². The van der Waals surface area contributed by atoms with E-state index >= 15 is 0 Å². The lowest BCUT2D eigenvalue weighted by atomic mass is 10.1. The third kappa shape index (κ3) is 4.93. The van der Waals surface area contributed by atoms with Gasteiger partial charge in [-0.05, 0) is 24.7 Å². The summed E-state index contributed by atoms with van der Waals surface area (Å²) in [5, 5.41) is 11.9. The van der Waals surface area contributed by atoms with E-state index in [-0.39, 0.29) is 29.9 Å². The number of nitrogens with two attached hydrogens (primary N) is 1. The first kappa shape index (κ1) is 17.3. The first-order valence-corrected chi connectivity index (χ1v) is 7.34. The van der Waals surface area contributed by atoms with Gasteiger partial charge in [-0.3, -0.25) is 14.3 Å². The molecule has 1 aromatic rings. The molecule has 7 heteroatoms. The van der Waals surface area contributed by atoms with Gasteiger partial charge < -0.3 is 16.2 Å². The molecule has 0 saturated carbocycles. The molecule has 5 N–H and O–H groups in total. The Bertz CT molecular complexity index is 562. The molecule has 0 saturated heterocycles. The van der Waals surface area contributed by atoms with E-state index in [1.54, 1.807) is 0 Å². The van der Waals surface area contributed by atoms with Crippen LogP contribution in [0.1, 0.15) is 33.6 Å². The van der Waals surface area contributed by atoms with E-state index < -0.39 is 11.2 Å². The molecule has 0 aromatic carbocycles. The number of hydrogen-bond donors (Lipinski definition) is 4. The summed E-state index contributed by atoms with van der Waals surface area (Å²) in [5.74, 6) is 0.652. The molecule has 0 aliphatic rings. The summed E-state index contributed by atoms with van der Waals surface area (Å²) < 4.78 is 1.38. The van der Waals surface area contributed by atoms with Gasteiger partial charge in [0.05, 0.1) is 0 Å². The monoisotopic (exact) mass is 298 g/mol. The van der Waals surface area contributed by atoms with Gasteiger partial charge in [0, 0.05) is 19.7 Å². The minimum Gasteiger partial charge on any atom is -0.396 e. The van der Waals surface area contributed by atoms with Crippen molar-refractivity contribution in [2.24, 2.45) is 11.8 Å². The van der Waals surface area contributed by atoms with Crippen LogP contribution in [0.4, 0.5) is 11.5 Å². The molecule has 1 atom stereocenters. The van der Waals surface area contributed by atoms with E-state index in [9.17, 15) is 9.59 Å². The number of aliphatic hydroxyl groups excluding tert-OH is 1. The zero-order valence-corrected chi connectivity index (χ0v) is 13.0. The van der Waals surface area contributed by atoms with Crippen molar-refractivity contribution in [2.75, 3.05) is 24.2 Å². The molecule has 1 rings (SSSR count). The minimum absolute atomic E-state index is 0.155. The van der Waals surface area contributed by atoms with Crippen LogP contribution in [0.25, 0.3) is 0 Å². The highest BCUT2D eigenvalue weighted by atomic mass is 16.3. The van der Waals surface area contributed by atoms with Crippen LogP contribution in [0.5, 0.6) is 0 Å². The Balaban J connectivity index is 2.82. The third-order valence-electron chi connectivity index (χ3n) is 3.27. The van der Waals surface area contributed by atoms with Gasteiger partial charge in [0.1, 0.15) is 11.5 Å². The molecule has 0 spiro atoms. The molecule has 21 heavy (non-hydrogen) atoms. The standard InChI is InChI=1S/C14H26N4O3/c1-9(2)7-18-12(15)11(13(20)17-14(18)21)16-6-4-5-10(3)8-19/h9-10,16,19H,4-8,15H2,1-3H3,(H,17,20,21). The van der Waals surface area contributed by atoms with Crippen LogP contribution in [0.15, 0.2) is 9.59 Å². The number of anilines is 2. The van der Waals surface area contributed by atoms with Crippen molar-refractivity contribution >= 4 is 11.5 Å². The lowest BCUT2D eigenvalue weighted by molar-refractivity contribution is 0.229. The molecule has 0 aliphatic carbocycles. The highest BCUT2D eigenvalue weighted by Crippen LogP contribution is 2.12. The number of aromatic amines is 1. The van der Waals surface area contributed by atoms with E-state index in [0.717, 1.165) is 12.8 Å². The molecule has 7 nitrogen and oxygen atoms in total. The van der Waals surface area contributed by atoms with Gasteiger partial charge in [-0.2, -0.15) is 0 Å². The number of aliphatic hydroxyl groups is 1. The van der Waals surface area contributed by atoms with E-state index in [1.165, 1.54) is 4.57 Å². The average Bonchev–Trinajstić information content (AvgIpc) is 2.41. The normalized spacial score (nSPS) is 12.6. The quantitative estimate of drug-likeness (QED) is 0.525. The maximum Gasteiger partial charge on any atom is 0.330 e. The number of rotatable bonds is 8. The van der Waals surface area contributed by atoms with Gasteiger partial charge >= 0.3 is 5.69 Å². The molecular formula is C14H26N4O3. The highest BCUT2D eigenvalue weighted by molar-refractivity contribution is 5.60. The Labute approximate surface area is 124 Å². The SMILES string of the molecule is CC(C)Cn1c(N)c(NCCCC(C)CO)c(=O)[nH]c1=O. The fourth-order valence-electron chi connectivity index (χ4n) is 2.06. The second-order valence-corrected chi connectivity index (χ2v) is 5.88. The smallest absolute Gasteiger partial charge is 0.330 e. The van der Waals surface area contributed by atoms with Crippen LogP contribution in [0, 0.1) is 11.8 Å². The Morgan fingerprint density at radius 2 is 2.00 bits per heavy atom. The number of nitrogens with zero attached hydrogens (tertiary/aromatic N) is 1. The van der Waals surface area contributed by atoms with Crippen LogP contribution in [-0.2, 0) is 6.54 Å². The highest BCUT2D eigenvalue weighted by Gasteiger charge is 2.12. The largest absolute Gasteiger partial charge is 0.396 e. The minimum atomic E-state index is -0.493. The van der Waals surface area contributed by atoms with Crippen LogP contribution >= 0.6 is 0 Å². The molecule has 120 valence electrons. The number of nitrogens with one attached hydrogen (secondary N) is 2. The van der Waals surface area contributed by atoms with Crippen LogP contribution < -0.4 is 22.3 Å². The predicted octanol–water partition coefficient (Wildman–Crippen LogP) is 0.595. The van der Waals surface area contributed by atoms with E-state index in [1.807, 2.05) is 20.8 Å². The Hall–Kier alpha value is -1.76. The van der Waals surface area contributed by atoms with Gasteiger partial charge in [-0.15, -0.1) is 0 Å². The zero-order valence-electron chi connectivity index (χ0n) is 13.0. The van der Waals surface area contributed by atoms with Crippen LogP contribution in [0.3, 0.4) is 0 Å². The van der Waals surface area contributed by atoms with Crippen molar-refractivity contribution < 1.29 is 5.11 Å². The van der Waals surface area contributed by atoms with Gasteiger partial charge in [0.25, 0.3) is 5.56 Å². The van der Waals surface area contributed by atoms with Gasteiger partial charge in [0.2, 0.25) is 0 Å². The summed E-state index contributed by atoms with van der Waals surface area (Å²) in [6, 6.07) is 0. The van der Waals surface area contributed by atoms with E-state index in [2.05, 4.69) is 10.3 Å². The van der Waals surface area contributed by atoms with E-state index in [4.69, 9.17) is 10.8 Å². The van der Waals surface area contributed by atoms with E-state index in [0.29, 0.717) is 13.1 Å². The molecule has 1 unspecified atom stereocenters. The Morgan fingerprint density at radius 3 is 2.57 bits per heavy atom. The fraction of sp³-hybridized carbons (Fsp3) is 0.714. The first-order valence-electron chi connectivity index (χ1n) is 7.34. The Morgan fingerprint density at radius 1 is 1.33 bits per heavy atom. The molecule has 0 bridgehead atoms. The summed E-state index contributed by atoms with van der Waals surface area (Å²) in [7, 11) is 0. The number of hydrogen-bond acceptors (Lipinski definition) is 5. The lowest BCUT2D eigenvalue weighted by Gasteiger charge is -2.15. The fourth-order valence-corrected chi connectivity index (χ4v) is 2.06. The summed E-state index contributed by atoms with van der Waals surface area (Å²) in [5.41, 5.74) is 5.21. The summed E-state index contributed by atoms with van der Waals surface area (Å²) >= 11 is 0. The zero-order chi connectivity index (χ0) is 16.0. The maximum absolute atomic E-state index is 11.8. The van der Waals surface area contributed by atoms with Gasteiger partial charge in [0.15, 0.2) is 0 Å². The summed E-state index contributed by atoms with van der Waals surface area (Å²) in [6.45, 7) is 7.09. The lowest BCUT2D eigenvalue weighted by Crippen LogP contribution is -2.35. The van der Waals surface area contributed by atoms with Crippen molar-refractivity contribution in [2.45, 2.75) is 40.2 Å². The number of aromatic nitrogens is 2. The summed E-state index contributed by atoms with van der Waals surface area (Å²) in [4.78, 5) is 25.9. The second-order valence-electron chi connectivity index (χ2n) is 5.88. The van der Waals surface area contributed by atoms with Gasteiger partial charge in [-0.25, -0.2) is 4.79 Å². The molecule has 0 fully saturated rings. The van der Waals surface area contributed by atoms with Crippen molar-refractivity contribution in [3.8, 4) is 0 Å². The Kier molecular flexibility index (Phi) is 6.48. The second kappa shape index (κ2) is 7.87. The third-order valence-corrected chi connectivity index (χ3v) is 3.27. The van der Waals surface area contributed by atoms with Gasteiger partial charge in [-0.1, -0.05) is 20.8 Å². The topological polar surface area (TPSA) is 113 Å². The predicted molar refractivity (Wildman–Crippen MR) is 84.5 cm³/mol. The van der Waals surface area contributed by atoms with Crippen molar-refractivity contribution in [1.82, 2.24) is 9.55 Å². The van der Waals surface area contributed by atoms with Crippen molar-refractivity contribution in [3.63, 3.8) is 0 Å². The molecule has 0 radical (unpaired) electrons. The molecular weight excluding hydrogens is 272 g/mol. The first-order chi connectivity index (χ1) is 9.86. The van der Waals surface area contributed by atoms with Crippen molar-refractivity contribution in [3.05, 3.63) is 20.8 Å². The number of H-pyrrole nitrogens is 1. The van der Waals surface area contributed by atoms with Crippen LogP contribution in [0.2, 0.25) is 0 Å².